The van der Waals surface area contributed by atoms with Crippen molar-refractivity contribution in [2.45, 2.75) is 6.42 Å². The SMILES string of the molecule is Ic1ccc(-c2[nH]nc3c2CCN3)cc1. The summed E-state index contributed by atoms with van der Waals surface area (Å²) < 4.78 is 1.26. The second-order valence-electron chi connectivity index (χ2n) is 3.61. The van der Waals surface area contributed by atoms with E-state index in [-0.39, 0.29) is 0 Å². The number of aromatic nitrogens is 2. The van der Waals surface area contributed by atoms with Gasteiger partial charge in [-0.05, 0) is 46.7 Å². The fraction of sp³-hybridized carbons (Fsp3) is 0.182. The highest BCUT2D eigenvalue weighted by atomic mass is 127. The van der Waals surface area contributed by atoms with E-state index in [4.69, 9.17) is 0 Å². The maximum Gasteiger partial charge on any atom is 0.151 e. The molecule has 0 atom stereocenters. The number of rotatable bonds is 1. The van der Waals surface area contributed by atoms with Crippen molar-refractivity contribution in [3.05, 3.63) is 33.4 Å². The van der Waals surface area contributed by atoms with Gasteiger partial charge in [0, 0.05) is 15.7 Å². The van der Waals surface area contributed by atoms with Crippen LogP contribution in [0, 0.1) is 3.57 Å². The molecule has 15 heavy (non-hydrogen) atoms. The molecule has 0 aliphatic carbocycles. The van der Waals surface area contributed by atoms with Crippen LogP contribution in [0.3, 0.4) is 0 Å². The van der Waals surface area contributed by atoms with Gasteiger partial charge in [-0.25, -0.2) is 0 Å². The molecular weight excluding hydrogens is 301 g/mol. The Labute approximate surface area is 101 Å². The van der Waals surface area contributed by atoms with Crippen LogP contribution in [0.25, 0.3) is 11.3 Å². The average Bonchev–Trinajstić information content (AvgIpc) is 2.80. The quantitative estimate of drug-likeness (QED) is 0.795. The Hall–Kier alpha value is -1.04. The molecule has 2 N–H and O–H groups in total. The van der Waals surface area contributed by atoms with Gasteiger partial charge in [0.2, 0.25) is 0 Å². The number of aromatic amines is 1. The van der Waals surface area contributed by atoms with Crippen molar-refractivity contribution < 1.29 is 0 Å². The van der Waals surface area contributed by atoms with Crippen molar-refractivity contribution >= 4 is 28.4 Å². The minimum atomic E-state index is 1.00. The number of fused-ring (bicyclic) bond motifs is 1. The minimum Gasteiger partial charge on any atom is -0.368 e. The van der Waals surface area contributed by atoms with Crippen molar-refractivity contribution in [3.63, 3.8) is 0 Å². The first-order valence-corrected chi connectivity index (χ1v) is 5.99. The van der Waals surface area contributed by atoms with E-state index in [2.05, 4.69) is 62.4 Å². The summed E-state index contributed by atoms with van der Waals surface area (Å²) in [5, 5.41) is 10.6. The van der Waals surface area contributed by atoms with E-state index >= 15 is 0 Å². The number of nitrogens with one attached hydrogen (secondary N) is 2. The molecule has 3 nitrogen and oxygen atoms in total. The highest BCUT2D eigenvalue weighted by Gasteiger charge is 2.18. The van der Waals surface area contributed by atoms with Crippen LogP contribution in [0.5, 0.6) is 0 Å². The summed E-state index contributed by atoms with van der Waals surface area (Å²) in [6, 6.07) is 8.50. The molecule has 2 aromatic rings. The van der Waals surface area contributed by atoms with E-state index in [1.165, 1.54) is 14.7 Å². The summed E-state index contributed by atoms with van der Waals surface area (Å²) in [5.41, 5.74) is 3.69. The lowest BCUT2D eigenvalue weighted by Crippen LogP contribution is -1.94. The second-order valence-corrected chi connectivity index (χ2v) is 4.86. The van der Waals surface area contributed by atoms with E-state index in [0.717, 1.165) is 24.5 Å². The molecule has 1 aliphatic heterocycles. The minimum absolute atomic E-state index is 1.00. The standard InChI is InChI=1S/C11H10IN3/c12-8-3-1-7(2-4-8)10-9-5-6-13-11(9)15-14-10/h1-4H,5-6H2,(H2,13,14,15). The van der Waals surface area contributed by atoms with Crippen LogP contribution >= 0.6 is 22.6 Å². The average molecular weight is 311 g/mol. The molecule has 0 saturated heterocycles. The van der Waals surface area contributed by atoms with E-state index in [9.17, 15) is 0 Å². The van der Waals surface area contributed by atoms with Gasteiger partial charge in [-0.15, -0.1) is 0 Å². The van der Waals surface area contributed by atoms with Crippen LogP contribution in [0.2, 0.25) is 0 Å². The summed E-state index contributed by atoms with van der Waals surface area (Å²) in [7, 11) is 0. The molecule has 0 spiro atoms. The first-order valence-electron chi connectivity index (χ1n) is 4.91. The van der Waals surface area contributed by atoms with Gasteiger partial charge < -0.3 is 5.32 Å². The lowest BCUT2D eigenvalue weighted by atomic mass is 10.1. The number of nitrogens with zero attached hydrogens (tertiary/aromatic N) is 1. The first-order chi connectivity index (χ1) is 7.34. The van der Waals surface area contributed by atoms with Gasteiger partial charge in [-0.2, -0.15) is 5.10 Å². The fourth-order valence-electron chi connectivity index (χ4n) is 1.92. The molecule has 0 unspecified atom stereocenters. The molecule has 1 aromatic heterocycles. The first kappa shape index (κ1) is 9.21. The fourth-order valence-corrected chi connectivity index (χ4v) is 2.28. The van der Waals surface area contributed by atoms with Crippen molar-refractivity contribution in [1.29, 1.82) is 0 Å². The van der Waals surface area contributed by atoms with Crippen molar-refractivity contribution in [1.82, 2.24) is 10.2 Å². The number of benzene rings is 1. The van der Waals surface area contributed by atoms with Gasteiger partial charge in [0.25, 0.3) is 0 Å². The van der Waals surface area contributed by atoms with E-state index in [0.29, 0.717) is 0 Å². The van der Waals surface area contributed by atoms with E-state index < -0.39 is 0 Å². The van der Waals surface area contributed by atoms with Gasteiger partial charge in [-0.1, -0.05) is 12.1 Å². The third kappa shape index (κ3) is 1.52. The molecule has 1 aromatic carbocycles. The predicted molar refractivity (Wildman–Crippen MR) is 68.9 cm³/mol. The Morgan fingerprint density at radius 1 is 1.20 bits per heavy atom. The Morgan fingerprint density at radius 3 is 2.80 bits per heavy atom. The van der Waals surface area contributed by atoms with E-state index in [1.807, 2.05) is 0 Å². The van der Waals surface area contributed by atoms with Crippen LogP contribution in [0.1, 0.15) is 5.56 Å². The molecular formula is C11H10IN3. The molecule has 0 radical (unpaired) electrons. The maximum absolute atomic E-state index is 4.26. The second kappa shape index (κ2) is 3.52. The highest BCUT2D eigenvalue weighted by Crippen LogP contribution is 2.30. The van der Waals surface area contributed by atoms with Gasteiger partial charge in [0.15, 0.2) is 5.82 Å². The number of hydrogen-bond acceptors (Lipinski definition) is 2. The van der Waals surface area contributed by atoms with Gasteiger partial charge >= 0.3 is 0 Å². The molecule has 76 valence electrons. The van der Waals surface area contributed by atoms with E-state index in [1.54, 1.807) is 0 Å². The Bertz CT molecular complexity index is 487. The molecule has 0 bridgehead atoms. The molecule has 3 rings (SSSR count). The zero-order valence-electron chi connectivity index (χ0n) is 8.05. The normalized spacial score (nSPS) is 13.7. The number of hydrogen-bond donors (Lipinski definition) is 2. The largest absolute Gasteiger partial charge is 0.368 e. The zero-order valence-corrected chi connectivity index (χ0v) is 10.2. The Balaban J connectivity index is 2.09. The lowest BCUT2D eigenvalue weighted by Gasteiger charge is -2.00. The molecule has 2 heterocycles. The Morgan fingerprint density at radius 2 is 2.00 bits per heavy atom. The molecule has 0 saturated carbocycles. The Kier molecular flexibility index (Phi) is 2.16. The zero-order chi connectivity index (χ0) is 10.3. The van der Waals surface area contributed by atoms with Crippen LogP contribution in [-0.4, -0.2) is 16.7 Å². The summed E-state index contributed by atoms with van der Waals surface area (Å²) in [5.74, 6) is 1.02. The lowest BCUT2D eigenvalue weighted by molar-refractivity contribution is 1.04. The third-order valence-corrected chi connectivity index (χ3v) is 3.39. The predicted octanol–water partition coefficient (Wildman–Crippen LogP) is 2.65. The summed E-state index contributed by atoms with van der Waals surface area (Å²) in [4.78, 5) is 0. The molecule has 4 heteroatoms. The topological polar surface area (TPSA) is 40.7 Å². The third-order valence-electron chi connectivity index (χ3n) is 2.67. The van der Waals surface area contributed by atoms with Gasteiger partial charge in [-0.3, -0.25) is 5.10 Å². The maximum atomic E-state index is 4.26. The number of H-pyrrole nitrogens is 1. The van der Waals surface area contributed by atoms with Gasteiger partial charge in [0.1, 0.15) is 0 Å². The summed E-state index contributed by atoms with van der Waals surface area (Å²) >= 11 is 2.31. The van der Waals surface area contributed by atoms with Crippen LogP contribution in [-0.2, 0) is 6.42 Å². The monoisotopic (exact) mass is 311 g/mol. The molecule has 0 amide bonds. The summed E-state index contributed by atoms with van der Waals surface area (Å²) in [6.07, 6.45) is 1.06. The van der Waals surface area contributed by atoms with Gasteiger partial charge in [0.05, 0.1) is 5.69 Å². The van der Waals surface area contributed by atoms with Crippen LogP contribution in [0.15, 0.2) is 24.3 Å². The number of halogens is 1. The highest BCUT2D eigenvalue weighted by molar-refractivity contribution is 14.1. The smallest absolute Gasteiger partial charge is 0.151 e. The van der Waals surface area contributed by atoms with Crippen molar-refractivity contribution in [2.75, 3.05) is 11.9 Å². The van der Waals surface area contributed by atoms with Crippen molar-refractivity contribution in [3.8, 4) is 11.3 Å². The molecule has 1 aliphatic rings. The summed E-state index contributed by atoms with van der Waals surface area (Å²) in [6.45, 7) is 1.00. The molecule has 0 fully saturated rings. The number of anilines is 1. The van der Waals surface area contributed by atoms with Crippen LogP contribution < -0.4 is 5.32 Å². The van der Waals surface area contributed by atoms with Crippen molar-refractivity contribution in [2.24, 2.45) is 0 Å². The van der Waals surface area contributed by atoms with Crippen LogP contribution in [0.4, 0.5) is 5.82 Å².